The second-order valence-corrected chi connectivity index (χ2v) is 4.30. The quantitative estimate of drug-likeness (QED) is 0.637. The Hall–Kier alpha value is -1.17. The van der Waals surface area contributed by atoms with E-state index in [9.17, 15) is 5.11 Å². The summed E-state index contributed by atoms with van der Waals surface area (Å²) in [7, 11) is 1.57. The molecule has 1 heterocycles. The number of nitrogens with zero attached hydrogens (tertiary/aromatic N) is 1. The molecule has 5 heteroatoms. The predicted octanol–water partition coefficient (Wildman–Crippen LogP) is 0.323. The van der Waals surface area contributed by atoms with Crippen molar-refractivity contribution in [3.63, 3.8) is 0 Å². The van der Waals surface area contributed by atoms with Crippen LogP contribution in [-0.2, 0) is 11.2 Å². The van der Waals surface area contributed by atoms with Gasteiger partial charge in [-0.1, -0.05) is 0 Å². The minimum Gasteiger partial charge on any atom is -0.398 e. The summed E-state index contributed by atoms with van der Waals surface area (Å²) in [6.07, 6.45) is 5.08. The molecule has 1 unspecified atom stereocenters. The van der Waals surface area contributed by atoms with Gasteiger partial charge >= 0.3 is 0 Å². The van der Waals surface area contributed by atoms with Gasteiger partial charge in [-0.25, -0.2) is 0 Å². The SMILES string of the molecule is COCC(O)(CCCN)Cc1cnccc1N. The van der Waals surface area contributed by atoms with Gasteiger partial charge in [0, 0.05) is 31.6 Å². The normalized spacial score (nSPS) is 14.5. The Balaban J connectivity index is 2.75. The Bertz CT molecular complexity index is 346. The van der Waals surface area contributed by atoms with Crippen LogP contribution in [0.4, 0.5) is 5.69 Å². The second kappa shape index (κ2) is 6.54. The first-order valence-corrected chi connectivity index (χ1v) is 5.71. The number of pyridine rings is 1. The van der Waals surface area contributed by atoms with Crippen LogP contribution in [0.1, 0.15) is 18.4 Å². The van der Waals surface area contributed by atoms with Crippen LogP contribution in [0.25, 0.3) is 0 Å². The maximum absolute atomic E-state index is 10.5. The highest BCUT2D eigenvalue weighted by Gasteiger charge is 2.27. The highest BCUT2D eigenvalue weighted by Crippen LogP contribution is 2.22. The molecule has 1 aromatic rings. The molecule has 0 fully saturated rings. The third-order valence-electron chi connectivity index (χ3n) is 2.72. The molecule has 0 aromatic carbocycles. The molecule has 0 aliphatic heterocycles. The molecule has 1 rings (SSSR count). The third kappa shape index (κ3) is 4.30. The summed E-state index contributed by atoms with van der Waals surface area (Å²) in [6.45, 7) is 0.815. The van der Waals surface area contributed by atoms with Crippen molar-refractivity contribution >= 4 is 5.69 Å². The van der Waals surface area contributed by atoms with Crippen molar-refractivity contribution in [3.05, 3.63) is 24.0 Å². The third-order valence-corrected chi connectivity index (χ3v) is 2.72. The van der Waals surface area contributed by atoms with Crippen LogP contribution in [0.5, 0.6) is 0 Å². The number of hydrogen-bond donors (Lipinski definition) is 3. The summed E-state index contributed by atoms with van der Waals surface area (Å²) in [5, 5.41) is 10.5. The van der Waals surface area contributed by atoms with E-state index < -0.39 is 5.60 Å². The van der Waals surface area contributed by atoms with E-state index in [0.717, 1.165) is 12.0 Å². The lowest BCUT2D eigenvalue weighted by atomic mass is 9.90. The molecular weight excluding hydrogens is 218 g/mol. The zero-order valence-corrected chi connectivity index (χ0v) is 10.2. The highest BCUT2D eigenvalue weighted by molar-refractivity contribution is 5.45. The number of hydrogen-bond acceptors (Lipinski definition) is 5. The first-order chi connectivity index (χ1) is 8.11. The molecule has 96 valence electrons. The minimum atomic E-state index is -0.925. The van der Waals surface area contributed by atoms with E-state index >= 15 is 0 Å². The standard InChI is InChI=1S/C12H21N3O2/c1-17-9-12(16,4-2-5-13)7-10-8-15-6-3-11(10)14/h3,6,8,16H,2,4-5,7,9,13H2,1H3,(H2,14,15). The van der Waals surface area contributed by atoms with Crippen LogP contribution in [-0.4, -0.2) is 36.0 Å². The van der Waals surface area contributed by atoms with E-state index in [2.05, 4.69) is 4.98 Å². The summed E-state index contributed by atoms with van der Waals surface area (Å²) in [5.74, 6) is 0. The van der Waals surface area contributed by atoms with Gasteiger partial charge in [0.25, 0.3) is 0 Å². The van der Waals surface area contributed by atoms with E-state index in [0.29, 0.717) is 25.1 Å². The van der Waals surface area contributed by atoms with E-state index in [1.54, 1.807) is 25.6 Å². The van der Waals surface area contributed by atoms with Crippen molar-refractivity contribution < 1.29 is 9.84 Å². The zero-order valence-electron chi connectivity index (χ0n) is 10.2. The molecule has 0 bridgehead atoms. The van der Waals surface area contributed by atoms with Crippen LogP contribution in [0, 0.1) is 0 Å². The van der Waals surface area contributed by atoms with Crippen molar-refractivity contribution in [3.8, 4) is 0 Å². The van der Waals surface area contributed by atoms with Crippen molar-refractivity contribution in [1.29, 1.82) is 0 Å². The monoisotopic (exact) mass is 239 g/mol. The Kier molecular flexibility index (Phi) is 5.34. The van der Waals surface area contributed by atoms with Crippen molar-refractivity contribution in [1.82, 2.24) is 4.98 Å². The summed E-state index contributed by atoms with van der Waals surface area (Å²) in [4.78, 5) is 4.01. The van der Waals surface area contributed by atoms with Gasteiger partial charge in [-0.2, -0.15) is 0 Å². The van der Waals surface area contributed by atoms with Crippen LogP contribution in [0.15, 0.2) is 18.5 Å². The molecule has 0 aliphatic carbocycles. The van der Waals surface area contributed by atoms with Crippen LogP contribution in [0.2, 0.25) is 0 Å². The maximum Gasteiger partial charge on any atom is 0.0921 e. The number of rotatable bonds is 7. The lowest BCUT2D eigenvalue weighted by molar-refractivity contribution is -0.0374. The van der Waals surface area contributed by atoms with Gasteiger partial charge in [-0.05, 0) is 31.0 Å². The summed E-state index contributed by atoms with van der Waals surface area (Å²) in [5.41, 5.74) is 11.9. The van der Waals surface area contributed by atoms with Gasteiger partial charge in [-0.15, -0.1) is 0 Å². The molecule has 0 amide bonds. The Labute approximate surface area is 102 Å². The molecule has 0 saturated heterocycles. The molecule has 0 radical (unpaired) electrons. The van der Waals surface area contributed by atoms with E-state index in [1.165, 1.54) is 0 Å². The summed E-state index contributed by atoms with van der Waals surface area (Å²) < 4.78 is 5.06. The number of methoxy groups -OCH3 is 1. The van der Waals surface area contributed by atoms with Crippen LogP contribution >= 0.6 is 0 Å². The number of ether oxygens (including phenoxy) is 1. The number of nitrogen functional groups attached to an aromatic ring is 1. The Morgan fingerprint density at radius 1 is 1.53 bits per heavy atom. The first-order valence-electron chi connectivity index (χ1n) is 5.71. The van der Waals surface area contributed by atoms with Gasteiger partial charge in [0.15, 0.2) is 0 Å². The number of aliphatic hydroxyl groups is 1. The van der Waals surface area contributed by atoms with Gasteiger partial charge in [0.2, 0.25) is 0 Å². The van der Waals surface area contributed by atoms with Crippen molar-refractivity contribution in [2.45, 2.75) is 24.9 Å². The molecule has 17 heavy (non-hydrogen) atoms. The predicted molar refractivity (Wildman–Crippen MR) is 67.5 cm³/mol. The summed E-state index contributed by atoms with van der Waals surface area (Å²) >= 11 is 0. The van der Waals surface area contributed by atoms with E-state index in [-0.39, 0.29) is 6.61 Å². The largest absolute Gasteiger partial charge is 0.398 e. The highest BCUT2D eigenvalue weighted by atomic mass is 16.5. The smallest absolute Gasteiger partial charge is 0.0921 e. The molecule has 1 atom stereocenters. The van der Waals surface area contributed by atoms with Gasteiger partial charge in [0.05, 0.1) is 12.2 Å². The average Bonchev–Trinajstić information content (AvgIpc) is 2.30. The van der Waals surface area contributed by atoms with Crippen LogP contribution in [0.3, 0.4) is 0 Å². The molecular formula is C12H21N3O2. The Morgan fingerprint density at radius 3 is 2.88 bits per heavy atom. The second-order valence-electron chi connectivity index (χ2n) is 4.30. The molecule has 1 aromatic heterocycles. The fraction of sp³-hybridized carbons (Fsp3) is 0.583. The number of aromatic nitrogens is 1. The Morgan fingerprint density at radius 2 is 2.29 bits per heavy atom. The van der Waals surface area contributed by atoms with Crippen molar-refractivity contribution in [2.24, 2.45) is 5.73 Å². The molecule has 0 spiro atoms. The van der Waals surface area contributed by atoms with Crippen molar-refractivity contribution in [2.75, 3.05) is 26.0 Å². The lowest BCUT2D eigenvalue weighted by Gasteiger charge is -2.27. The minimum absolute atomic E-state index is 0.265. The summed E-state index contributed by atoms with van der Waals surface area (Å²) in [6, 6.07) is 1.73. The molecule has 0 saturated carbocycles. The topological polar surface area (TPSA) is 94.4 Å². The number of nitrogens with two attached hydrogens (primary N) is 2. The van der Waals surface area contributed by atoms with Gasteiger partial charge < -0.3 is 21.3 Å². The number of anilines is 1. The van der Waals surface area contributed by atoms with Gasteiger partial charge in [0.1, 0.15) is 0 Å². The fourth-order valence-electron chi connectivity index (χ4n) is 1.85. The molecule has 0 aliphatic rings. The molecule has 5 nitrogen and oxygen atoms in total. The van der Waals surface area contributed by atoms with Gasteiger partial charge in [-0.3, -0.25) is 4.98 Å². The lowest BCUT2D eigenvalue weighted by Crippen LogP contribution is -2.37. The average molecular weight is 239 g/mol. The first kappa shape index (κ1) is 13.9. The van der Waals surface area contributed by atoms with Crippen LogP contribution < -0.4 is 11.5 Å². The zero-order chi connectivity index (χ0) is 12.7. The molecule has 5 N–H and O–H groups in total. The maximum atomic E-state index is 10.5. The van der Waals surface area contributed by atoms with E-state index in [1.807, 2.05) is 0 Å². The van der Waals surface area contributed by atoms with E-state index in [4.69, 9.17) is 16.2 Å². The fourth-order valence-corrected chi connectivity index (χ4v) is 1.85.